The molecule has 19 heavy (non-hydrogen) atoms. The molecule has 2 rings (SSSR count). The van der Waals surface area contributed by atoms with E-state index in [1.54, 1.807) is 6.08 Å². The quantitative estimate of drug-likeness (QED) is 0.752. The van der Waals surface area contributed by atoms with Crippen LogP contribution in [0.1, 0.15) is 12.5 Å². The van der Waals surface area contributed by atoms with E-state index in [1.807, 2.05) is 48.7 Å². The highest BCUT2D eigenvalue weighted by Gasteiger charge is 2.13. The van der Waals surface area contributed by atoms with E-state index < -0.39 is 0 Å². The summed E-state index contributed by atoms with van der Waals surface area (Å²) in [5.41, 5.74) is 3.36. The van der Waals surface area contributed by atoms with Crippen molar-refractivity contribution in [2.45, 2.75) is 6.92 Å². The van der Waals surface area contributed by atoms with Crippen LogP contribution in [-0.4, -0.2) is 6.54 Å². The van der Waals surface area contributed by atoms with E-state index in [0.717, 1.165) is 23.4 Å². The van der Waals surface area contributed by atoms with Gasteiger partial charge >= 0.3 is 0 Å². The highest BCUT2D eigenvalue weighted by atomic mass is 15.1. The van der Waals surface area contributed by atoms with E-state index in [2.05, 4.69) is 17.9 Å². The van der Waals surface area contributed by atoms with Crippen molar-refractivity contribution in [2.24, 2.45) is 0 Å². The summed E-state index contributed by atoms with van der Waals surface area (Å²) < 4.78 is 0. The van der Waals surface area contributed by atoms with Gasteiger partial charge in [0.2, 0.25) is 0 Å². The van der Waals surface area contributed by atoms with Gasteiger partial charge in [0.25, 0.3) is 0 Å². The van der Waals surface area contributed by atoms with Crippen molar-refractivity contribution < 1.29 is 0 Å². The molecule has 3 heteroatoms. The largest absolute Gasteiger partial charge is 0.348 e. The number of hydrogen-bond acceptors (Lipinski definition) is 3. The Morgan fingerprint density at radius 2 is 2.00 bits per heavy atom. The maximum absolute atomic E-state index is 8.73. The van der Waals surface area contributed by atoms with Gasteiger partial charge in [-0.15, -0.1) is 0 Å². The summed E-state index contributed by atoms with van der Waals surface area (Å²) in [7, 11) is 0. The Kier molecular flexibility index (Phi) is 3.81. The number of para-hydroxylation sites is 1. The van der Waals surface area contributed by atoms with Crippen LogP contribution in [0.4, 0.5) is 5.69 Å². The molecule has 1 aromatic carbocycles. The fourth-order valence-corrected chi connectivity index (χ4v) is 2.00. The van der Waals surface area contributed by atoms with E-state index in [-0.39, 0.29) is 5.57 Å². The lowest BCUT2D eigenvalue weighted by molar-refractivity contribution is 1.01. The smallest absolute Gasteiger partial charge is 0.129 e. The first kappa shape index (κ1) is 12.7. The minimum absolute atomic E-state index is 0.108. The van der Waals surface area contributed by atoms with Gasteiger partial charge in [0.05, 0.1) is 0 Å². The van der Waals surface area contributed by atoms with Gasteiger partial charge in [0, 0.05) is 24.0 Å². The zero-order valence-corrected chi connectivity index (χ0v) is 10.7. The second-order valence-corrected chi connectivity index (χ2v) is 4.04. The molecule has 1 aromatic rings. The van der Waals surface area contributed by atoms with Gasteiger partial charge in [-0.3, -0.25) is 0 Å². The molecule has 1 aliphatic heterocycles. The van der Waals surface area contributed by atoms with Crippen molar-refractivity contribution in [3.63, 3.8) is 0 Å². The molecule has 0 amide bonds. The van der Waals surface area contributed by atoms with Crippen molar-refractivity contribution in [3.8, 4) is 12.1 Å². The van der Waals surface area contributed by atoms with Crippen LogP contribution in [0, 0.1) is 22.7 Å². The van der Waals surface area contributed by atoms with Crippen LogP contribution < -0.4 is 4.90 Å². The Hall–Kier alpha value is -2.78. The molecule has 0 spiro atoms. The average molecular weight is 247 g/mol. The number of nitriles is 2. The fraction of sp³-hybridized carbons (Fsp3) is 0.125. The monoisotopic (exact) mass is 247 g/mol. The van der Waals surface area contributed by atoms with Crippen LogP contribution in [-0.2, 0) is 0 Å². The molecule has 0 saturated heterocycles. The molecule has 0 N–H and O–H groups in total. The molecule has 3 nitrogen and oxygen atoms in total. The summed E-state index contributed by atoms with van der Waals surface area (Å²) in [6.45, 7) is 3.00. The van der Waals surface area contributed by atoms with Gasteiger partial charge < -0.3 is 4.90 Å². The third-order valence-electron chi connectivity index (χ3n) is 2.97. The molecule has 92 valence electrons. The number of hydrogen-bond donors (Lipinski definition) is 0. The molecular formula is C16H13N3. The minimum Gasteiger partial charge on any atom is -0.348 e. The number of anilines is 1. The molecule has 0 bridgehead atoms. The van der Waals surface area contributed by atoms with Crippen molar-refractivity contribution in [2.75, 3.05) is 11.4 Å². The highest BCUT2D eigenvalue weighted by Crippen LogP contribution is 2.32. The molecule has 1 heterocycles. The zero-order chi connectivity index (χ0) is 13.7. The first-order valence-corrected chi connectivity index (χ1v) is 6.06. The van der Waals surface area contributed by atoms with Crippen LogP contribution in [0.5, 0.6) is 0 Å². The second-order valence-electron chi connectivity index (χ2n) is 4.04. The molecule has 0 aliphatic carbocycles. The Labute approximate surface area is 113 Å². The van der Waals surface area contributed by atoms with Crippen LogP contribution >= 0.6 is 0 Å². The van der Waals surface area contributed by atoms with Gasteiger partial charge in [-0.1, -0.05) is 24.3 Å². The molecule has 0 unspecified atom stereocenters. The molecule has 0 radical (unpaired) electrons. The lowest BCUT2D eigenvalue weighted by Crippen LogP contribution is -2.18. The normalized spacial score (nSPS) is 14.5. The number of benzene rings is 1. The van der Waals surface area contributed by atoms with Crippen molar-refractivity contribution >= 4 is 11.3 Å². The number of fused-ring (bicyclic) bond motifs is 1. The molecule has 0 fully saturated rings. The Morgan fingerprint density at radius 3 is 2.68 bits per heavy atom. The Morgan fingerprint density at radius 1 is 1.26 bits per heavy atom. The summed E-state index contributed by atoms with van der Waals surface area (Å²) >= 11 is 0. The lowest BCUT2D eigenvalue weighted by Gasteiger charge is -2.26. The highest BCUT2D eigenvalue weighted by molar-refractivity contribution is 5.87. The zero-order valence-electron chi connectivity index (χ0n) is 10.7. The fourth-order valence-electron chi connectivity index (χ4n) is 2.00. The molecule has 0 aromatic heterocycles. The third kappa shape index (κ3) is 2.56. The minimum atomic E-state index is 0.108. The van der Waals surface area contributed by atoms with Crippen molar-refractivity contribution in [3.05, 3.63) is 59.8 Å². The van der Waals surface area contributed by atoms with Crippen molar-refractivity contribution in [1.82, 2.24) is 0 Å². The molecular weight excluding hydrogens is 234 g/mol. The van der Waals surface area contributed by atoms with Gasteiger partial charge in [0.1, 0.15) is 17.7 Å². The van der Waals surface area contributed by atoms with E-state index in [4.69, 9.17) is 10.5 Å². The van der Waals surface area contributed by atoms with Crippen LogP contribution in [0.3, 0.4) is 0 Å². The summed E-state index contributed by atoms with van der Waals surface area (Å²) in [5, 5.41) is 17.5. The van der Waals surface area contributed by atoms with Gasteiger partial charge in [-0.25, -0.2) is 0 Å². The van der Waals surface area contributed by atoms with Gasteiger partial charge in [-0.05, 0) is 30.7 Å². The summed E-state index contributed by atoms with van der Waals surface area (Å²) in [4.78, 5) is 2.16. The van der Waals surface area contributed by atoms with E-state index in [0.29, 0.717) is 0 Å². The summed E-state index contributed by atoms with van der Waals surface area (Å²) in [5.74, 6) is 0. The first-order valence-electron chi connectivity index (χ1n) is 6.06. The number of allylic oxidation sites excluding steroid dienone is 5. The predicted molar refractivity (Wildman–Crippen MR) is 75.9 cm³/mol. The number of nitrogens with zero attached hydrogens (tertiary/aromatic N) is 3. The molecule has 0 saturated carbocycles. The predicted octanol–water partition coefficient (Wildman–Crippen LogP) is 3.40. The van der Waals surface area contributed by atoms with Crippen LogP contribution in [0.2, 0.25) is 0 Å². The third-order valence-corrected chi connectivity index (χ3v) is 2.97. The number of rotatable bonds is 2. The summed E-state index contributed by atoms with van der Waals surface area (Å²) in [6, 6.07) is 11.8. The molecule has 1 aliphatic rings. The van der Waals surface area contributed by atoms with Crippen LogP contribution in [0.25, 0.3) is 5.57 Å². The van der Waals surface area contributed by atoms with E-state index >= 15 is 0 Å². The van der Waals surface area contributed by atoms with Gasteiger partial charge in [0.15, 0.2) is 0 Å². The Balaban J connectivity index is 2.46. The maximum Gasteiger partial charge on any atom is 0.129 e. The maximum atomic E-state index is 8.73. The second kappa shape index (κ2) is 5.71. The van der Waals surface area contributed by atoms with E-state index in [1.165, 1.54) is 0 Å². The standard InChI is InChI=1S/C16H13N3/c1-2-19-10-9-14(8-7-13(11-17)12-18)15-5-3-4-6-16(15)19/h3-10H,2H2,1H3. The topological polar surface area (TPSA) is 50.8 Å². The van der Waals surface area contributed by atoms with Crippen LogP contribution in [0.15, 0.2) is 54.3 Å². The van der Waals surface area contributed by atoms with Gasteiger partial charge in [-0.2, -0.15) is 10.5 Å². The van der Waals surface area contributed by atoms with Crippen molar-refractivity contribution in [1.29, 1.82) is 10.5 Å². The molecule has 0 atom stereocenters. The average Bonchev–Trinajstić information content (AvgIpc) is 2.48. The lowest BCUT2D eigenvalue weighted by atomic mass is 9.99. The SMILES string of the molecule is CCN1C=CC(=CC=C(C#N)C#N)c2ccccc21. The Bertz CT molecular complexity index is 635. The summed E-state index contributed by atoms with van der Waals surface area (Å²) in [6.07, 6.45) is 7.37. The van der Waals surface area contributed by atoms with E-state index in [9.17, 15) is 0 Å². The first-order chi connectivity index (χ1) is 9.30.